The van der Waals surface area contributed by atoms with Crippen LogP contribution in [-0.4, -0.2) is 25.3 Å². The van der Waals surface area contributed by atoms with E-state index < -0.39 is 81.8 Å². The first-order valence-corrected chi connectivity index (χ1v) is 11.2. The average Bonchev–Trinajstić information content (AvgIpc) is 2.90. The molecule has 212 valence electrons. The Hall–Kier alpha value is -3.84. The first kappa shape index (κ1) is 29.7. The Bertz CT molecular complexity index is 1230. The van der Waals surface area contributed by atoms with Crippen molar-refractivity contribution in [2.75, 3.05) is 23.7 Å². The Kier molecular flexibility index (Phi) is 9.07. The molecular formula is C25H20F10N2O2. The number of anilines is 2. The van der Waals surface area contributed by atoms with Crippen molar-refractivity contribution in [3.63, 3.8) is 0 Å². The van der Waals surface area contributed by atoms with Gasteiger partial charge in [0.1, 0.15) is 35.1 Å². The van der Waals surface area contributed by atoms with Gasteiger partial charge in [-0.15, -0.1) is 0 Å². The first-order chi connectivity index (χ1) is 18.3. The molecule has 0 aliphatic carbocycles. The molecule has 1 unspecified atom stereocenters. The molecule has 0 spiro atoms. The molecule has 0 amide bonds. The number of halogens is 10. The normalized spacial score (nSPS) is 12.7. The maximum atomic E-state index is 13.8. The molecule has 3 aromatic carbocycles. The van der Waals surface area contributed by atoms with Gasteiger partial charge in [0.05, 0.1) is 13.1 Å². The van der Waals surface area contributed by atoms with Crippen LogP contribution in [0.5, 0.6) is 11.5 Å². The third-order valence-electron chi connectivity index (χ3n) is 5.44. The van der Waals surface area contributed by atoms with Crippen LogP contribution in [0.4, 0.5) is 55.3 Å². The molecule has 0 saturated carbocycles. The number of hydrogen-bond donors (Lipinski definition) is 2. The Labute approximate surface area is 215 Å². The zero-order valence-electron chi connectivity index (χ0n) is 20.4. The Balaban J connectivity index is 1.65. The van der Waals surface area contributed by atoms with Gasteiger partial charge in [-0.25, -0.2) is 43.9 Å². The van der Waals surface area contributed by atoms with Gasteiger partial charge in [-0.05, 0) is 32.9 Å². The van der Waals surface area contributed by atoms with E-state index in [0.29, 0.717) is 5.56 Å². The highest BCUT2D eigenvalue weighted by molar-refractivity contribution is 5.49. The number of benzene rings is 3. The lowest BCUT2D eigenvalue weighted by atomic mass is 10.2. The van der Waals surface area contributed by atoms with Gasteiger partial charge in [0.25, 0.3) is 0 Å². The molecule has 0 fully saturated rings. The number of hydrogen-bond acceptors (Lipinski definition) is 4. The van der Waals surface area contributed by atoms with Crippen LogP contribution in [0.2, 0.25) is 0 Å². The minimum atomic E-state index is -2.29. The standard InChI is InChI=1S/C25H20F10N2O2/c1-9(7-36-24-20(32)16(28)14(26)17(29)21(24)33)38-12-5-4-6-13(11(12)3)39-10(2)8-37-25-22(34)18(30)15(27)19(31)23(25)35/h4-6,9-10,36-37H,7-8H2,1-3H3/t9-,10?/m0/s1. The van der Waals surface area contributed by atoms with E-state index in [4.69, 9.17) is 9.47 Å². The van der Waals surface area contributed by atoms with E-state index >= 15 is 0 Å². The van der Waals surface area contributed by atoms with Gasteiger partial charge in [-0.2, -0.15) is 0 Å². The van der Waals surface area contributed by atoms with Crippen LogP contribution in [-0.2, 0) is 0 Å². The number of ether oxygens (including phenoxy) is 2. The molecule has 2 N–H and O–H groups in total. The summed E-state index contributed by atoms with van der Waals surface area (Å²) in [5.74, 6) is -20.7. The maximum Gasteiger partial charge on any atom is 0.200 e. The SMILES string of the molecule is Cc1c(OC(C)CNc2c(F)c(F)c(F)c(F)c2F)cccc1O[C@@H](C)CNc1c(F)c(F)c(F)c(F)c1F. The third-order valence-corrected chi connectivity index (χ3v) is 5.44. The maximum absolute atomic E-state index is 13.8. The zero-order chi connectivity index (χ0) is 29.2. The van der Waals surface area contributed by atoms with E-state index in [2.05, 4.69) is 10.6 Å². The van der Waals surface area contributed by atoms with Gasteiger partial charge >= 0.3 is 0 Å². The molecule has 0 heterocycles. The van der Waals surface area contributed by atoms with Crippen LogP contribution in [0.3, 0.4) is 0 Å². The third kappa shape index (κ3) is 6.09. The Morgan fingerprint density at radius 2 is 0.821 bits per heavy atom. The summed E-state index contributed by atoms with van der Waals surface area (Å²) in [7, 11) is 0. The number of rotatable bonds is 10. The van der Waals surface area contributed by atoms with Crippen LogP contribution in [0, 0.1) is 65.1 Å². The Morgan fingerprint density at radius 1 is 0.538 bits per heavy atom. The molecule has 0 saturated heterocycles. The van der Waals surface area contributed by atoms with E-state index in [1.54, 1.807) is 6.92 Å². The molecule has 14 heteroatoms. The summed E-state index contributed by atoms with van der Waals surface area (Å²) in [5, 5.41) is 4.26. The monoisotopic (exact) mass is 570 g/mol. The van der Waals surface area contributed by atoms with Gasteiger partial charge in [-0.3, -0.25) is 0 Å². The number of nitrogens with one attached hydrogen (secondary N) is 2. The smallest absolute Gasteiger partial charge is 0.200 e. The predicted molar refractivity (Wildman–Crippen MR) is 121 cm³/mol. The lowest BCUT2D eigenvalue weighted by molar-refractivity contribution is 0.218. The molecule has 4 nitrogen and oxygen atoms in total. The van der Waals surface area contributed by atoms with Crippen LogP contribution >= 0.6 is 0 Å². The summed E-state index contributed by atoms with van der Waals surface area (Å²) in [6.45, 7) is 3.71. The minimum Gasteiger partial charge on any atom is -0.488 e. The van der Waals surface area contributed by atoms with Crippen molar-refractivity contribution < 1.29 is 53.4 Å². The average molecular weight is 570 g/mol. The lowest BCUT2D eigenvalue weighted by Crippen LogP contribution is -2.25. The Morgan fingerprint density at radius 3 is 1.13 bits per heavy atom. The van der Waals surface area contributed by atoms with E-state index in [0.717, 1.165) is 0 Å². The first-order valence-electron chi connectivity index (χ1n) is 11.2. The molecule has 39 heavy (non-hydrogen) atoms. The molecule has 0 aliphatic heterocycles. The summed E-state index contributed by atoms with van der Waals surface area (Å²) < 4.78 is 147. The van der Waals surface area contributed by atoms with Gasteiger partial charge in [-0.1, -0.05) is 6.07 Å². The second-order valence-corrected chi connectivity index (χ2v) is 8.39. The van der Waals surface area contributed by atoms with Gasteiger partial charge < -0.3 is 20.1 Å². The highest BCUT2D eigenvalue weighted by Gasteiger charge is 2.27. The van der Waals surface area contributed by atoms with Crippen molar-refractivity contribution in [3.05, 3.63) is 81.9 Å². The van der Waals surface area contributed by atoms with Crippen molar-refractivity contribution in [3.8, 4) is 11.5 Å². The van der Waals surface area contributed by atoms with E-state index in [9.17, 15) is 43.9 Å². The highest BCUT2D eigenvalue weighted by atomic mass is 19.2. The molecule has 0 aliphatic rings. The van der Waals surface area contributed by atoms with Gasteiger partial charge in [0.2, 0.25) is 11.6 Å². The fourth-order valence-electron chi connectivity index (χ4n) is 3.38. The predicted octanol–water partition coefficient (Wildman–Crippen LogP) is 7.14. The van der Waals surface area contributed by atoms with Crippen LogP contribution in [0.15, 0.2) is 18.2 Å². The summed E-state index contributed by atoms with van der Waals surface area (Å²) in [6.07, 6.45) is -1.72. The van der Waals surface area contributed by atoms with Crippen molar-refractivity contribution in [1.29, 1.82) is 0 Å². The molecule has 2 atom stereocenters. The van der Waals surface area contributed by atoms with Crippen LogP contribution in [0.25, 0.3) is 0 Å². The summed E-state index contributed by atoms with van der Waals surface area (Å²) in [5.41, 5.74) is -2.04. The fourth-order valence-corrected chi connectivity index (χ4v) is 3.38. The minimum absolute atomic E-state index is 0.208. The summed E-state index contributed by atoms with van der Waals surface area (Å²) >= 11 is 0. The van der Waals surface area contributed by atoms with Crippen LogP contribution in [0.1, 0.15) is 19.4 Å². The van der Waals surface area contributed by atoms with Crippen molar-refractivity contribution in [1.82, 2.24) is 0 Å². The van der Waals surface area contributed by atoms with Crippen molar-refractivity contribution >= 4 is 11.4 Å². The zero-order valence-corrected chi connectivity index (χ0v) is 20.4. The molecule has 0 bridgehead atoms. The summed E-state index contributed by atoms with van der Waals surface area (Å²) in [6, 6.07) is 4.48. The van der Waals surface area contributed by atoms with E-state index in [1.807, 2.05) is 0 Å². The van der Waals surface area contributed by atoms with Crippen molar-refractivity contribution in [2.45, 2.75) is 33.0 Å². The topological polar surface area (TPSA) is 42.5 Å². The van der Waals surface area contributed by atoms with Gasteiger partial charge in [0.15, 0.2) is 46.5 Å². The van der Waals surface area contributed by atoms with E-state index in [1.165, 1.54) is 32.0 Å². The summed E-state index contributed by atoms with van der Waals surface area (Å²) in [4.78, 5) is 0. The van der Waals surface area contributed by atoms with Crippen molar-refractivity contribution in [2.24, 2.45) is 0 Å². The lowest BCUT2D eigenvalue weighted by Gasteiger charge is -2.22. The second kappa shape index (κ2) is 11.9. The van der Waals surface area contributed by atoms with E-state index in [-0.39, 0.29) is 24.6 Å². The molecule has 3 rings (SSSR count). The molecule has 0 radical (unpaired) electrons. The highest BCUT2D eigenvalue weighted by Crippen LogP contribution is 2.31. The van der Waals surface area contributed by atoms with Gasteiger partial charge in [0, 0.05) is 5.56 Å². The van der Waals surface area contributed by atoms with Crippen LogP contribution < -0.4 is 20.1 Å². The second-order valence-electron chi connectivity index (χ2n) is 8.39. The quantitative estimate of drug-likeness (QED) is 0.155. The fraction of sp³-hybridized carbons (Fsp3) is 0.280. The molecule has 3 aromatic rings. The molecular weight excluding hydrogens is 550 g/mol. The molecule has 0 aromatic heterocycles. The largest absolute Gasteiger partial charge is 0.488 e.